The maximum absolute atomic E-state index is 9.39. The molecule has 0 aromatic heterocycles. The van der Waals surface area contributed by atoms with Crippen molar-refractivity contribution in [2.75, 3.05) is 13.1 Å². The lowest BCUT2D eigenvalue weighted by molar-refractivity contribution is 0.384. The largest absolute Gasteiger partial charge is 0.317 e. The highest BCUT2D eigenvalue weighted by Crippen LogP contribution is 2.31. The Hall–Kier alpha value is -1.27. The number of piperidine rings is 1. The van der Waals surface area contributed by atoms with Crippen molar-refractivity contribution < 1.29 is 0 Å². The smallest absolute Gasteiger partial charge is 0.114 e. The lowest BCUT2D eigenvalue weighted by atomic mass is 9.69. The summed E-state index contributed by atoms with van der Waals surface area (Å²) in [7, 11) is 5.94. The standard InChI is InChI=1S/C12H13BN2/c13-11-4-2-1-3-10(11)12(9-14)5-7-15-8-6-12/h1-4,15H,5-8H2. The average Bonchev–Trinajstić information content (AvgIpc) is 2.30. The molecule has 0 amide bonds. The van der Waals surface area contributed by atoms with Crippen molar-refractivity contribution in [1.29, 1.82) is 5.26 Å². The Labute approximate surface area is 91.7 Å². The number of nitrogens with one attached hydrogen (secondary N) is 1. The number of nitrogens with zero attached hydrogens (tertiary/aromatic N) is 1. The van der Waals surface area contributed by atoms with Gasteiger partial charge in [-0.1, -0.05) is 29.7 Å². The van der Waals surface area contributed by atoms with Gasteiger partial charge in [-0.25, -0.2) is 0 Å². The molecule has 2 nitrogen and oxygen atoms in total. The molecule has 1 N–H and O–H groups in total. The first-order valence-electron chi connectivity index (χ1n) is 5.25. The van der Waals surface area contributed by atoms with Crippen LogP contribution in [0.3, 0.4) is 0 Å². The maximum Gasteiger partial charge on any atom is 0.114 e. The van der Waals surface area contributed by atoms with E-state index in [1.165, 1.54) is 0 Å². The van der Waals surface area contributed by atoms with Gasteiger partial charge in [-0.3, -0.25) is 0 Å². The van der Waals surface area contributed by atoms with Gasteiger partial charge in [-0.2, -0.15) is 5.26 Å². The summed E-state index contributed by atoms with van der Waals surface area (Å²) in [5.41, 5.74) is 1.35. The molecule has 0 unspecified atom stereocenters. The van der Waals surface area contributed by atoms with Crippen molar-refractivity contribution in [2.24, 2.45) is 0 Å². The second-order valence-electron chi connectivity index (χ2n) is 4.03. The summed E-state index contributed by atoms with van der Waals surface area (Å²) in [4.78, 5) is 0. The summed E-state index contributed by atoms with van der Waals surface area (Å²) in [5, 5.41) is 12.7. The van der Waals surface area contributed by atoms with Gasteiger partial charge in [-0.15, -0.1) is 0 Å². The molecule has 1 aliphatic heterocycles. The van der Waals surface area contributed by atoms with Crippen LogP contribution >= 0.6 is 0 Å². The molecule has 15 heavy (non-hydrogen) atoms. The monoisotopic (exact) mass is 196 g/mol. The van der Waals surface area contributed by atoms with E-state index in [0.717, 1.165) is 37.0 Å². The number of hydrogen-bond acceptors (Lipinski definition) is 2. The Morgan fingerprint density at radius 3 is 2.53 bits per heavy atom. The van der Waals surface area contributed by atoms with Gasteiger partial charge in [0.05, 0.1) is 11.5 Å². The van der Waals surface area contributed by atoms with Gasteiger partial charge in [0, 0.05) is 0 Å². The molecule has 1 aromatic rings. The first-order valence-corrected chi connectivity index (χ1v) is 5.25. The highest BCUT2D eigenvalue weighted by Gasteiger charge is 2.34. The Morgan fingerprint density at radius 1 is 1.27 bits per heavy atom. The molecule has 2 rings (SSSR count). The van der Waals surface area contributed by atoms with Crippen LogP contribution in [0.25, 0.3) is 0 Å². The number of hydrogen-bond donors (Lipinski definition) is 1. The van der Waals surface area contributed by atoms with Crippen LogP contribution in [0.2, 0.25) is 0 Å². The van der Waals surface area contributed by atoms with E-state index in [1.807, 2.05) is 24.3 Å². The third-order valence-electron chi connectivity index (χ3n) is 3.15. The van der Waals surface area contributed by atoms with Gasteiger partial charge in [0.15, 0.2) is 0 Å². The first kappa shape index (κ1) is 10.3. The van der Waals surface area contributed by atoms with E-state index >= 15 is 0 Å². The summed E-state index contributed by atoms with van der Waals surface area (Å²) in [6.07, 6.45) is 1.69. The van der Waals surface area contributed by atoms with Crippen molar-refractivity contribution in [3.05, 3.63) is 29.8 Å². The summed E-state index contributed by atoms with van der Waals surface area (Å²) in [6, 6.07) is 10.2. The molecule has 1 saturated heterocycles. The van der Waals surface area contributed by atoms with Gasteiger partial charge in [0.25, 0.3) is 0 Å². The van der Waals surface area contributed by atoms with Crippen LogP contribution in [0.5, 0.6) is 0 Å². The molecule has 1 heterocycles. The van der Waals surface area contributed by atoms with Crippen molar-refractivity contribution in [3.63, 3.8) is 0 Å². The van der Waals surface area contributed by atoms with E-state index in [0.29, 0.717) is 0 Å². The molecule has 1 fully saturated rings. The molecule has 74 valence electrons. The normalized spacial score (nSPS) is 19.4. The average molecular weight is 196 g/mol. The third kappa shape index (κ3) is 1.78. The topological polar surface area (TPSA) is 35.8 Å². The van der Waals surface area contributed by atoms with Crippen LogP contribution < -0.4 is 10.8 Å². The second kappa shape index (κ2) is 4.08. The van der Waals surface area contributed by atoms with E-state index in [9.17, 15) is 5.26 Å². The lowest BCUT2D eigenvalue weighted by Gasteiger charge is -2.33. The minimum absolute atomic E-state index is 0.378. The predicted molar refractivity (Wildman–Crippen MR) is 61.2 cm³/mol. The molecular formula is C12H13BN2. The Kier molecular flexibility index (Phi) is 2.79. The van der Waals surface area contributed by atoms with Crippen LogP contribution in [0, 0.1) is 11.3 Å². The zero-order chi connectivity index (χ0) is 10.7. The molecule has 0 bridgehead atoms. The van der Waals surface area contributed by atoms with Crippen molar-refractivity contribution in [3.8, 4) is 6.07 Å². The fourth-order valence-corrected chi connectivity index (χ4v) is 2.23. The minimum atomic E-state index is -0.378. The van der Waals surface area contributed by atoms with Crippen LogP contribution in [0.1, 0.15) is 18.4 Å². The minimum Gasteiger partial charge on any atom is -0.317 e. The van der Waals surface area contributed by atoms with Crippen molar-refractivity contribution in [2.45, 2.75) is 18.3 Å². The molecule has 3 heteroatoms. The lowest BCUT2D eigenvalue weighted by Crippen LogP contribution is -2.41. The van der Waals surface area contributed by atoms with Gasteiger partial charge in [0.2, 0.25) is 0 Å². The molecular weight excluding hydrogens is 183 g/mol. The van der Waals surface area contributed by atoms with Crippen LogP contribution in [-0.4, -0.2) is 20.9 Å². The molecule has 0 spiro atoms. The van der Waals surface area contributed by atoms with Crippen LogP contribution in [0.15, 0.2) is 24.3 Å². The number of rotatable bonds is 1. The van der Waals surface area contributed by atoms with Crippen LogP contribution in [-0.2, 0) is 5.41 Å². The van der Waals surface area contributed by atoms with Crippen LogP contribution in [0.4, 0.5) is 0 Å². The maximum atomic E-state index is 9.39. The van der Waals surface area contributed by atoms with Gasteiger partial charge in [-0.05, 0) is 31.5 Å². The second-order valence-corrected chi connectivity index (χ2v) is 4.03. The highest BCUT2D eigenvalue weighted by molar-refractivity contribution is 6.33. The van der Waals surface area contributed by atoms with E-state index in [1.54, 1.807) is 0 Å². The Morgan fingerprint density at radius 2 is 1.93 bits per heavy atom. The highest BCUT2D eigenvalue weighted by atomic mass is 14.9. The fourth-order valence-electron chi connectivity index (χ4n) is 2.23. The molecule has 0 aliphatic carbocycles. The number of nitriles is 1. The molecule has 2 radical (unpaired) electrons. The summed E-state index contributed by atoms with van der Waals surface area (Å²) in [5.74, 6) is 0. The zero-order valence-corrected chi connectivity index (χ0v) is 8.66. The Balaban J connectivity index is 2.42. The quantitative estimate of drug-likeness (QED) is 0.668. The van der Waals surface area contributed by atoms with E-state index in [-0.39, 0.29) is 5.41 Å². The molecule has 1 aliphatic rings. The zero-order valence-electron chi connectivity index (χ0n) is 8.66. The van der Waals surface area contributed by atoms with Crippen molar-refractivity contribution >= 4 is 13.3 Å². The van der Waals surface area contributed by atoms with Gasteiger partial charge < -0.3 is 5.32 Å². The van der Waals surface area contributed by atoms with Crippen molar-refractivity contribution in [1.82, 2.24) is 5.32 Å². The number of benzene rings is 1. The molecule has 0 atom stereocenters. The fraction of sp³-hybridized carbons (Fsp3) is 0.417. The summed E-state index contributed by atoms with van der Waals surface area (Å²) >= 11 is 0. The Bertz CT molecular complexity index is 389. The van der Waals surface area contributed by atoms with E-state index in [4.69, 9.17) is 7.85 Å². The predicted octanol–water partition coefficient (Wildman–Crippen LogP) is 0.625. The third-order valence-corrected chi connectivity index (χ3v) is 3.15. The molecule has 0 saturated carbocycles. The SMILES string of the molecule is [B]c1ccccc1C1(C#N)CCNCC1. The van der Waals surface area contributed by atoms with Gasteiger partial charge in [0.1, 0.15) is 7.85 Å². The first-order chi connectivity index (χ1) is 7.28. The van der Waals surface area contributed by atoms with E-state index < -0.39 is 0 Å². The molecule has 1 aromatic carbocycles. The van der Waals surface area contributed by atoms with Gasteiger partial charge >= 0.3 is 0 Å². The summed E-state index contributed by atoms with van der Waals surface area (Å²) in [6.45, 7) is 1.78. The summed E-state index contributed by atoms with van der Waals surface area (Å²) < 4.78 is 0. The van der Waals surface area contributed by atoms with E-state index in [2.05, 4.69) is 11.4 Å².